The van der Waals surface area contributed by atoms with Crippen LogP contribution in [0.1, 0.15) is 17.5 Å². The van der Waals surface area contributed by atoms with E-state index < -0.39 is 59.7 Å². The third-order valence-corrected chi connectivity index (χ3v) is 7.90. The molecule has 0 aromatic heterocycles. The summed E-state index contributed by atoms with van der Waals surface area (Å²) < 4.78 is 85.0. The Morgan fingerprint density at radius 2 is 1.72 bits per heavy atom. The highest BCUT2D eigenvalue weighted by molar-refractivity contribution is 7.70. The predicted octanol–water partition coefficient (Wildman–Crippen LogP) is 6.13. The number of rotatable bonds is 5. The van der Waals surface area contributed by atoms with E-state index in [-0.39, 0.29) is 29.5 Å². The standard InChI is InChI=1S/C27H25F5N3O3P/c1-15-8-10-19(18(28)14-15)33-26(37)34-20-12-13-35(25(20)36)21-11-9-17(23(24(21)29)27(30,31)32)16-6-4-5-7-22(16)39(2,3)38/h4-11,14,20H,12-13H2,1-3H3,(H2,33,34,37)/t20-/m1/s1. The van der Waals surface area contributed by atoms with Gasteiger partial charge < -0.3 is 20.1 Å². The van der Waals surface area contributed by atoms with Crippen LogP contribution in [0.4, 0.5) is 38.1 Å². The lowest BCUT2D eigenvalue weighted by molar-refractivity contribution is -0.139. The smallest absolute Gasteiger partial charge is 0.326 e. The molecule has 1 fully saturated rings. The summed E-state index contributed by atoms with van der Waals surface area (Å²) in [5.74, 6) is -3.16. The fourth-order valence-corrected chi connectivity index (χ4v) is 5.76. The van der Waals surface area contributed by atoms with Gasteiger partial charge in [0, 0.05) is 11.8 Å². The fourth-order valence-electron chi connectivity index (χ4n) is 4.54. The van der Waals surface area contributed by atoms with Gasteiger partial charge in [0.2, 0.25) is 5.91 Å². The molecule has 1 heterocycles. The number of alkyl halides is 3. The van der Waals surface area contributed by atoms with Crippen molar-refractivity contribution in [2.75, 3.05) is 30.1 Å². The Kier molecular flexibility index (Phi) is 7.58. The number of carbonyl (C=O) groups excluding carboxylic acids is 2. The Morgan fingerprint density at radius 3 is 2.36 bits per heavy atom. The fraction of sp³-hybridized carbons (Fsp3) is 0.259. The van der Waals surface area contributed by atoms with Crippen LogP contribution >= 0.6 is 7.14 Å². The number of carbonyl (C=O) groups is 2. The topological polar surface area (TPSA) is 78.5 Å². The summed E-state index contributed by atoms with van der Waals surface area (Å²) in [6.45, 7) is 4.32. The quantitative estimate of drug-likeness (QED) is 0.289. The molecule has 1 aliphatic heterocycles. The highest BCUT2D eigenvalue weighted by Crippen LogP contribution is 2.45. The molecule has 4 rings (SSSR count). The van der Waals surface area contributed by atoms with E-state index in [1.54, 1.807) is 13.0 Å². The minimum atomic E-state index is -5.13. The highest BCUT2D eigenvalue weighted by atomic mass is 31.2. The number of aryl methyl sites for hydroxylation is 1. The first kappa shape index (κ1) is 28.3. The number of hydrogen-bond acceptors (Lipinski definition) is 3. The van der Waals surface area contributed by atoms with Crippen molar-refractivity contribution in [2.24, 2.45) is 0 Å². The third kappa shape index (κ3) is 5.83. The van der Waals surface area contributed by atoms with E-state index in [9.17, 15) is 31.7 Å². The van der Waals surface area contributed by atoms with E-state index in [4.69, 9.17) is 0 Å². The minimum Gasteiger partial charge on any atom is -0.326 e. The van der Waals surface area contributed by atoms with Crippen LogP contribution in [0.5, 0.6) is 0 Å². The Labute approximate surface area is 221 Å². The van der Waals surface area contributed by atoms with Gasteiger partial charge in [-0.05, 0) is 61.6 Å². The van der Waals surface area contributed by atoms with Crippen molar-refractivity contribution in [3.63, 3.8) is 0 Å². The molecule has 206 valence electrons. The molecular weight excluding hydrogens is 540 g/mol. The number of benzene rings is 3. The molecule has 1 aliphatic rings. The zero-order valence-corrected chi connectivity index (χ0v) is 22.1. The minimum absolute atomic E-state index is 0.0111. The van der Waals surface area contributed by atoms with E-state index in [1.165, 1.54) is 49.7 Å². The van der Waals surface area contributed by atoms with Crippen molar-refractivity contribution >= 4 is 35.8 Å². The first-order valence-corrected chi connectivity index (χ1v) is 14.5. The van der Waals surface area contributed by atoms with Crippen LogP contribution < -0.4 is 20.8 Å². The van der Waals surface area contributed by atoms with Crippen molar-refractivity contribution in [3.05, 3.63) is 77.4 Å². The molecule has 1 saturated heterocycles. The average molecular weight is 565 g/mol. The number of halogens is 5. The summed E-state index contributed by atoms with van der Waals surface area (Å²) in [5, 5.41) is 4.81. The molecule has 6 nitrogen and oxygen atoms in total. The van der Waals surface area contributed by atoms with Crippen molar-refractivity contribution in [1.29, 1.82) is 0 Å². The van der Waals surface area contributed by atoms with Gasteiger partial charge in [0.25, 0.3) is 0 Å². The van der Waals surface area contributed by atoms with Gasteiger partial charge in [-0.15, -0.1) is 0 Å². The molecule has 0 bridgehead atoms. The van der Waals surface area contributed by atoms with Crippen LogP contribution in [0.25, 0.3) is 11.1 Å². The summed E-state index contributed by atoms with van der Waals surface area (Å²) in [7, 11) is -3.03. The normalized spacial score (nSPS) is 15.9. The van der Waals surface area contributed by atoms with Gasteiger partial charge in [-0.2, -0.15) is 13.2 Å². The number of anilines is 2. The highest BCUT2D eigenvalue weighted by Gasteiger charge is 2.42. The Hall–Kier alpha value is -3.72. The summed E-state index contributed by atoms with van der Waals surface area (Å²) >= 11 is 0. The molecule has 12 heteroatoms. The molecule has 39 heavy (non-hydrogen) atoms. The van der Waals surface area contributed by atoms with Crippen LogP contribution in [-0.4, -0.2) is 37.9 Å². The van der Waals surface area contributed by atoms with Crippen LogP contribution in [0.2, 0.25) is 0 Å². The molecule has 0 unspecified atom stereocenters. The largest absolute Gasteiger partial charge is 0.419 e. The SMILES string of the molecule is Cc1ccc(NC(=O)N[C@@H]2CCN(c3ccc(-c4ccccc4P(C)(C)=O)c(C(F)(F)F)c3F)C2=O)c(F)c1. The first-order chi connectivity index (χ1) is 18.2. The van der Waals surface area contributed by atoms with Crippen molar-refractivity contribution in [2.45, 2.75) is 25.6 Å². The zero-order valence-electron chi connectivity index (χ0n) is 21.2. The van der Waals surface area contributed by atoms with E-state index >= 15 is 4.39 Å². The van der Waals surface area contributed by atoms with Gasteiger partial charge in [0.1, 0.15) is 24.6 Å². The maximum Gasteiger partial charge on any atom is 0.419 e. The van der Waals surface area contributed by atoms with E-state index in [0.717, 1.165) is 17.0 Å². The number of hydrogen-bond donors (Lipinski definition) is 2. The second kappa shape index (κ2) is 10.4. The second-order valence-corrected chi connectivity index (χ2v) is 12.8. The molecule has 3 aromatic carbocycles. The van der Waals surface area contributed by atoms with Crippen LogP contribution in [-0.2, 0) is 15.5 Å². The first-order valence-electron chi connectivity index (χ1n) is 11.9. The monoisotopic (exact) mass is 565 g/mol. The molecule has 2 N–H and O–H groups in total. The molecular formula is C27H25F5N3O3P. The predicted molar refractivity (Wildman–Crippen MR) is 140 cm³/mol. The van der Waals surface area contributed by atoms with E-state index in [0.29, 0.717) is 5.56 Å². The molecule has 0 saturated carbocycles. The van der Waals surface area contributed by atoms with Crippen molar-refractivity contribution in [1.82, 2.24) is 5.32 Å². The number of amides is 3. The lowest BCUT2D eigenvalue weighted by Crippen LogP contribution is -2.43. The summed E-state index contributed by atoms with van der Waals surface area (Å²) in [6, 6.07) is 9.96. The van der Waals surface area contributed by atoms with Crippen molar-refractivity contribution < 1.29 is 36.1 Å². The van der Waals surface area contributed by atoms with E-state index in [1.807, 2.05) is 0 Å². The lowest BCUT2D eigenvalue weighted by Gasteiger charge is -2.23. The van der Waals surface area contributed by atoms with Crippen molar-refractivity contribution in [3.8, 4) is 11.1 Å². The molecule has 0 radical (unpaired) electrons. The van der Waals surface area contributed by atoms with Crippen LogP contribution in [0.3, 0.4) is 0 Å². The number of nitrogens with one attached hydrogen (secondary N) is 2. The number of nitrogens with zero attached hydrogens (tertiary/aromatic N) is 1. The Balaban J connectivity index is 1.63. The zero-order chi connectivity index (χ0) is 28.7. The molecule has 3 amide bonds. The maximum atomic E-state index is 15.6. The molecule has 0 spiro atoms. The summed E-state index contributed by atoms with van der Waals surface area (Å²) in [4.78, 5) is 26.2. The van der Waals surface area contributed by atoms with Gasteiger partial charge >= 0.3 is 12.2 Å². The molecule has 1 atom stereocenters. The number of urea groups is 1. The molecule has 3 aromatic rings. The van der Waals surface area contributed by atoms with E-state index in [2.05, 4.69) is 10.6 Å². The third-order valence-electron chi connectivity index (χ3n) is 6.35. The second-order valence-electron chi connectivity index (χ2n) is 9.60. The summed E-state index contributed by atoms with van der Waals surface area (Å²) in [6.07, 6.45) is -5.14. The van der Waals surface area contributed by atoms with Crippen LogP contribution in [0.15, 0.2) is 54.6 Å². The average Bonchev–Trinajstić information content (AvgIpc) is 3.19. The Bertz CT molecular complexity index is 1500. The van der Waals surface area contributed by atoms with Gasteiger partial charge in [-0.25, -0.2) is 13.6 Å². The van der Waals surface area contributed by atoms with Gasteiger partial charge in [-0.1, -0.05) is 36.4 Å². The van der Waals surface area contributed by atoms with Gasteiger partial charge in [0.05, 0.1) is 11.4 Å². The maximum absolute atomic E-state index is 15.6. The van der Waals surface area contributed by atoms with Gasteiger partial charge in [-0.3, -0.25) is 4.79 Å². The lowest BCUT2D eigenvalue weighted by atomic mass is 9.97. The van der Waals surface area contributed by atoms with Gasteiger partial charge in [0.15, 0.2) is 5.82 Å². The Morgan fingerprint density at radius 1 is 1.03 bits per heavy atom. The summed E-state index contributed by atoms with van der Waals surface area (Å²) in [5.41, 5.74) is -2.19. The van der Waals surface area contributed by atoms with Crippen LogP contribution in [0, 0.1) is 18.6 Å². The molecule has 0 aliphatic carbocycles.